The van der Waals surface area contributed by atoms with Gasteiger partial charge in [-0.3, -0.25) is 0 Å². The molecule has 1 aliphatic rings. The van der Waals surface area contributed by atoms with Gasteiger partial charge in [0.1, 0.15) is 0 Å². The summed E-state index contributed by atoms with van der Waals surface area (Å²) in [6.07, 6.45) is 3.99. The number of rotatable bonds is 1. The molecule has 0 aromatic heterocycles. The van der Waals surface area contributed by atoms with Gasteiger partial charge in [0.25, 0.3) is 0 Å². The molecule has 1 aromatic carbocycles. The molecule has 1 heteroatoms. The first-order valence-corrected chi connectivity index (χ1v) is 6.46. The van der Waals surface area contributed by atoms with Crippen LogP contribution in [0.4, 0.5) is 0 Å². The second-order valence-electron chi connectivity index (χ2n) is 4.04. The summed E-state index contributed by atoms with van der Waals surface area (Å²) in [6, 6.07) is 6.93. The maximum atomic E-state index is 2.51. The number of benzene rings is 1. The molecular formula is C12H15I. The highest BCUT2D eigenvalue weighted by Gasteiger charge is 2.16. The third kappa shape index (κ3) is 2.06. The lowest BCUT2D eigenvalue weighted by Gasteiger charge is -2.23. The third-order valence-corrected chi connectivity index (χ3v) is 4.16. The average molecular weight is 286 g/mol. The van der Waals surface area contributed by atoms with E-state index in [1.54, 1.807) is 11.1 Å². The average Bonchev–Trinajstić information content (AvgIpc) is 2.17. The highest BCUT2D eigenvalue weighted by Crippen LogP contribution is 2.27. The molecule has 0 nitrogen and oxygen atoms in total. The van der Waals surface area contributed by atoms with Crippen LogP contribution in [0.5, 0.6) is 0 Å². The minimum atomic E-state index is 0.927. The Labute approximate surface area is 93.9 Å². The van der Waals surface area contributed by atoms with Crippen molar-refractivity contribution in [2.24, 2.45) is 5.92 Å². The summed E-state index contributed by atoms with van der Waals surface area (Å²) in [5, 5.41) is 0. The zero-order chi connectivity index (χ0) is 9.26. The first-order valence-electron chi connectivity index (χ1n) is 4.94. The van der Waals surface area contributed by atoms with E-state index < -0.39 is 0 Å². The number of aryl methyl sites for hydroxylation is 2. The second kappa shape index (κ2) is 3.99. The lowest BCUT2D eigenvalue weighted by atomic mass is 9.84. The Kier molecular flexibility index (Phi) is 2.92. The Bertz CT molecular complexity index is 304. The first-order chi connectivity index (χ1) is 6.29. The van der Waals surface area contributed by atoms with Crippen LogP contribution in [0.1, 0.15) is 23.1 Å². The minimum Gasteiger partial charge on any atom is -0.0861 e. The molecule has 0 saturated heterocycles. The molecule has 0 bridgehead atoms. The van der Waals surface area contributed by atoms with Gasteiger partial charge in [0, 0.05) is 4.43 Å². The van der Waals surface area contributed by atoms with Crippen LogP contribution < -0.4 is 0 Å². The fourth-order valence-corrected chi connectivity index (χ4v) is 2.84. The summed E-state index contributed by atoms with van der Waals surface area (Å²) >= 11 is 2.51. The van der Waals surface area contributed by atoms with Crippen LogP contribution in [0.25, 0.3) is 0 Å². The van der Waals surface area contributed by atoms with Crippen molar-refractivity contribution in [3.05, 3.63) is 34.9 Å². The van der Waals surface area contributed by atoms with Crippen molar-refractivity contribution in [2.45, 2.75) is 26.2 Å². The lowest BCUT2D eigenvalue weighted by Crippen LogP contribution is -2.15. The Morgan fingerprint density at radius 3 is 3.00 bits per heavy atom. The molecule has 1 aliphatic carbocycles. The van der Waals surface area contributed by atoms with Crippen LogP contribution in [0.3, 0.4) is 0 Å². The van der Waals surface area contributed by atoms with Crippen LogP contribution in [0.15, 0.2) is 18.2 Å². The molecule has 0 saturated carbocycles. The normalized spacial score (nSPS) is 21.2. The molecule has 1 aromatic rings. The summed E-state index contributed by atoms with van der Waals surface area (Å²) in [4.78, 5) is 0. The maximum Gasteiger partial charge on any atom is 0.00269 e. The lowest BCUT2D eigenvalue weighted by molar-refractivity contribution is 0.515. The van der Waals surface area contributed by atoms with Crippen molar-refractivity contribution in [1.82, 2.24) is 0 Å². The summed E-state index contributed by atoms with van der Waals surface area (Å²) in [5.74, 6) is 0.927. The first kappa shape index (κ1) is 9.50. The number of alkyl halides is 1. The Morgan fingerprint density at radius 2 is 2.23 bits per heavy atom. The molecule has 0 amide bonds. The van der Waals surface area contributed by atoms with Crippen LogP contribution >= 0.6 is 22.6 Å². The summed E-state index contributed by atoms with van der Waals surface area (Å²) in [6.45, 7) is 2.19. The number of fused-ring (bicyclic) bond motifs is 1. The van der Waals surface area contributed by atoms with Crippen LogP contribution in [0, 0.1) is 12.8 Å². The standard InChI is InChI=1S/C12H15I/c1-9-2-4-12-7-10(8-13)3-5-11(12)6-9/h2,4,6,10H,3,5,7-8H2,1H3. The van der Waals surface area contributed by atoms with Gasteiger partial charge in [-0.05, 0) is 43.2 Å². The molecule has 0 radical (unpaired) electrons. The van der Waals surface area contributed by atoms with Crippen LogP contribution in [-0.4, -0.2) is 4.43 Å². The van der Waals surface area contributed by atoms with E-state index in [0.29, 0.717) is 0 Å². The van der Waals surface area contributed by atoms with Gasteiger partial charge >= 0.3 is 0 Å². The highest BCUT2D eigenvalue weighted by atomic mass is 127. The molecule has 1 unspecified atom stereocenters. The van der Waals surface area contributed by atoms with Gasteiger partial charge < -0.3 is 0 Å². The predicted molar refractivity (Wildman–Crippen MR) is 65.6 cm³/mol. The van der Waals surface area contributed by atoms with E-state index in [2.05, 4.69) is 47.7 Å². The van der Waals surface area contributed by atoms with E-state index in [0.717, 1.165) is 5.92 Å². The molecule has 0 N–H and O–H groups in total. The van der Waals surface area contributed by atoms with Gasteiger partial charge in [0.05, 0.1) is 0 Å². The van der Waals surface area contributed by atoms with E-state index in [9.17, 15) is 0 Å². The predicted octanol–water partition coefficient (Wildman–Crippen LogP) is 3.53. The van der Waals surface area contributed by atoms with Gasteiger partial charge in [-0.15, -0.1) is 0 Å². The Hall–Kier alpha value is -0.0500. The summed E-state index contributed by atoms with van der Waals surface area (Å²) < 4.78 is 1.31. The minimum absolute atomic E-state index is 0.927. The zero-order valence-electron chi connectivity index (χ0n) is 8.02. The highest BCUT2D eigenvalue weighted by molar-refractivity contribution is 14.1. The fraction of sp³-hybridized carbons (Fsp3) is 0.500. The van der Waals surface area contributed by atoms with E-state index in [1.807, 2.05) is 0 Å². The van der Waals surface area contributed by atoms with E-state index in [4.69, 9.17) is 0 Å². The fourth-order valence-electron chi connectivity index (χ4n) is 2.09. The van der Waals surface area contributed by atoms with Crippen molar-refractivity contribution < 1.29 is 0 Å². The molecule has 13 heavy (non-hydrogen) atoms. The smallest absolute Gasteiger partial charge is 0.00269 e. The molecule has 0 fully saturated rings. The van der Waals surface area contributed by atoms with Gasteiger partial charge in [-0.1, -0.05) is 46.4 Å². The molecule has 2 rings (SSSR count). The summed E-state index contributed by atoms with van der Waals surface area (Å²) in [7, 11) is 0. The Balaban J connectivity index is 2.26. The Morgan fingerprint density at radius 1 is 1.38 bits per heavy atom. The SMILES string of the molecule is Cc1ccc2c(c1)CCC(CI)C2. The third-order valence-electron chi connectivity index (χ3n) is 2.91. The largest absolute Gasteiger partial charge is 0.0861 e. The van der Waals surface area contributed by atoms with Gasteiger partial charge in [0.15, 0.2) is 0 Å². The molecular weight excluding hydrogens is 271 g/mol. The van der Waals surface area contributed by atoms with Crippen LogP contribution in [-0.2, 0) is 12.8 Å². The number of hydrogen-bond acceptors (Lipinski definition) is 0. The van der Waals surface area contributed by atoms with Crippen molar-refractivity contribution in [3.8, 4) is 0 Å². The van der Waals surface area contributed by atoms with E-state index in [-0.39, 0.29) is 0 Å². The van der Waals surface area contributed by atoms with Crippen LogP contribution in [0.2, 0.25) is 0 Å². The van der Waals surface area contributed by atoms with E-state index >= 15 is 0 Å². The number of hydrogen-bond donors (Lipinski definition) is 0. The number of halogens is 1. The maximum absolute atomic E-state index is 2.51. The monoisotopic (exact) mass is 286 g/mol. The molecule has 0 heterocycles. The van der Waals surface area contributed by atoms with Crippen molar-refractivity contribution in [1.29, 1.82) is 0 Å². The molecule has 1 atom stereocenters. The molecule has 0 spiro atoms. The van der Waals surface area contributed by atoms with Crippen molar-refractivity contribution in [2.75, 3.05) is 4.43 Å². The van der Waals surface area contributed by atoms with Gasteiger partial charge in [-0.2, -0.15) is 0 Å². The molecule has 70 valence electrons. The van der Waals surface area contributed by atoms with Gasteiger partial charge in [0.2, 0.25) is 0 Å². The molecule has 0 aliphatic heterocycles. The van der Waals surface area contributed by atoms with E-state index in [1.165, 1.54) is 29.3 Å². The van der Waals surface area contributed by atoms with Crippen molar-refractivity contribution >= 4 is 22.6 Å². The van der Waals surface area contributed by atoms with Gasteiger partial charge in [-0.25, -0.2) is 0 Å². The quantitative estimate of drug-likeness (QED) is 0.547. The zero-order valence-corrected chi connectivity index (χ0v) is 10.2. The van der Waals surface area contributed by atoms with Crippen molar-refractivity contribution in [3.63, 3.8) is 0 Å². The topological polar surface area (TPSA) is 0 Å². The second-order valence-corrected chi connectivity index (χ2v) is 4.92. The summed E-state index contributed by atoms with van der Waals surface area (Å²) in [5.41, 5.74) is 4.60.